The van der Waals surface area contributed by atoms with Crippen LogP contribution in [0.25, 0.3) is 0 Å². The first-order valence-electron chi connectivity index (χ1n) is 6.24. The van der Waals surface area contributed by atoms with Crippen molar-refractivity contribution in [3.8, 4) is 0 Å². The topological polar surface area (TPSA) is 107 Å². The highest BCUT2D eigenvalue weighted by Crippen LogP contribution is 2.09. The molecular formula is C12H20N4O3. The van der Waals surface area contributed by atoms with Gasteiger partial charge in [-0.15, -0.1) is 0 Å². The van der Waals surface area contributed by atoms with E-state index in [0.29, 0.717) is 12.2 Å². The second-order valence-electron chi connectivity index (χ2n) is 4.52. The van der Waals surface area contributed by atoms with E-state index in [1.807, 2.05) is 6.92 Å². The van der Waals surface area contributed by atoms with Crippen LogP contribution < -0.4 is 10.6 Å². The summed E-state index contributed by atoms with van der Waals surface area (Å²) in [7, 11) is 0. The number of hydrogen-bond donors (Lipinski definition) is 4. The maximum absolute atomic E-state index is 11.8. The quantitative estimate of drug-likeness (QED) is 0.623. The summed E-state index contributed by atoms with van der Waals surface area (Å²) < 4.78 is 0. The number of urea groups is 1. The summed E-state index contributed by atoms with van der Waals surface area (Å²) in [5.41, 5.74) is 0. The standard InChI is InChI=1S/C12H20N4O3/c1-4-7(2)9(11(17)18)16-12(19)15-8(3)10-13-5-6-14-10/h5-9H,4H2,1-3H3,(H,13,14)(H,17,18)(H2,15,16,19). The molecule has 3 unspecified atom stereocenters. The number of rotatable bonds is 6. The van der Waals surface area contributed by atoms with Crippen LogP contribution in [0.5, 0.6) is 0 Å². The van der Waals surface area contributed by atoms with Crippen molar-refractivity contribution in [1.82, 2.24) is 20.6 Å². The number of imidazole rings is 1. The van der Waals surface area contributed by atoms with Crippen LogP contribution in [0.15, 0.2) is 12.4 Å². The molecule has 1 aromatic rings. The molecule has 0 aliphatic rings. The van der Waals surface area contributed by atoms with Crippen molar-refractivity contribution < 1.29 is 14.7 Å². The lowest BCUT2D eigenvalue weighted by molar-refractivity contribution is -0.140. The van der Waals surface area contributed by atoms with Crippen molar-refractivity contribution in [1.29, 1.82) is 0 Å². The van der Waals surface area contributed by atoms with Gasteiger partial charge in [-0.1, -0.05) is 20.3 Å². The number of nitrogens with one attached hydrogen (secondary N) is 3. The van der Waals surface area contributed by atoms with Gasteiger partial charge in [-0.3, -0.25) is 0 Å². The van der Waals surface area contributed by atoms with Crippen molar-refractivity contribution in [2.45, 2.75) is 39.3 Å². The summed E-state index contributed by atoms with van der Waals surface area (Å²) in [6.07, 6.45) is 3.92. The van der Waals surface area contributed by atoms with E-state index in [-0.39, 0.29) is 12.0 Å². The lowest BCUT2D eigenvalue weighted by atomic mass is 9.99. The van der Waals surface area contributed by atoms with Gasteiger partial charge in [0.25, 0.3) is 0 Å². The van der Waals surface area contributed by atoms with Crippen LogP contribution in [0.1, 0.15) is 39.1 Å². The molecule has 106 valence electrons. The summed E-state index contributed by atoms with van der Waals surface area (Å²) >= 11 is 0. The number of aromatic nitrogens is 2. The number of carboxylic acids is 1. The molecular weight excluding hydrogens is 248 g/mol. The van der Waals surface area contributed by atoms with E-state index in [2.05, 4.69) is 20.6 Å². The third kappa shape index (κ3) is 4.27. The molecule has 0 aromatic carbocycles. The molecule has 7 nitrogen and oxygen atoms in total. The van der Waals surface area contributed by atoms with Gasteiger partial charge in [0.05, 0.1) is 6.04 Å². The van der Waals surface area contributed by atoms with Gasteiger partial charge < -0.3 is 20.7 Å². The molecule has 7 heteroatoms. The number of carboxylic acid groups (broad SMARTS) is 1. The fourth-order valence-electron chi connectivity index (χ4n) is 1.65. The number of aromatic amines is 1. The minimum absolute atomic E-state index is 0.137. The average Bonchev–Trinajstić information content (AvgIpc) is 2.88. The molecule has 2 amide bonds. The fraction of sp³-hybridized carbons (Fsp3) is 0.583. The summed E-state index contributed by atoms with van der Waals surface area (Å²) in [5, 5.41) is 14.2. The Morgan fingerprint density at radius 2 is 2.11 bits per heavy atom. The second kappa shape index (κ2) is 6.77. The monoisotopic (exact) mass is 268 g/mol. The third-order valence-electron chi connectivity index (χ3n) is 3.04. The normalized spacial score (nSPS) is 15.3. The SMILES string of the molecule is CCC(C)C(NC(=O)NC(C)c1ncc[nH]1)C(=O)O. The summed E-state index contributed by atoms with van der Waals surface area (Å²) in [4.78, 5) is 29.7. The van der Waals surface area contributed by atoms with Crippen LogP contribution in [0.3, 0.4) is 0 Å². The molecule has 1 aromatic heterocycles. The van der Waals surface area contributed by atoms with E-state index in [1.165, 1.54) is 0 Å². The van der Waals surface area contributed by atoms with Crippen LogP contribution in [-0.2, 0) is 4.79 Å². The van der Waals surface area contributed by atoms with Crippen LogP contribution in [-0.4, -0.2) is 33.1 Å². The van der Waals surface area contributed by atoms with Crippen molar-refractivity contribution in [3.05, 3.63) is 18.2 Å². The van der Waals surface area contributed by atoms with Gasteiger partial charge in [-0.2, -0.15) is 0 Å². The van der Waals surface area contributed by atoms with Gasteiger partial charge in [0.15, 0.2) is 0 Å². The number of H-pyrrole nitrogens is 1. The van der Waals surface area contributed by atoms with Crippen molar-refractivity contribution >= 4 is 12.0 Å². The maximum atomic E-state index is 11.8. The Morgan fingerprint density at radius 1 is 1.42 bits per heavy atom. The first-order chi connectivity index (χ1) is 8.95. The molecule has 4 N–H and O–H groups in total. The van der Waals surface area contributed by atoms with Gasteiger partial charge in [-0.25, -0.2) is 14.6 Å². The molecule has 0 spiro atoms. The Labute approximate surface area is 111 Å². The van der Waals surface area contributed by atoms with E-state index in [0.717, 1.165) is 0 Å². The number of carbonyl (C=O) groups excluding carboxylic acids is 1. The first-order valence-corrected chi connectivity index (χ1v) is 6.24. The zero-order chi connectivity index (χ0) is 14.4. The summed E-state index contributed by atoms with van der Waals surface area (Å²) in [6.45, 7) is 5.43. The second-order valence-corrected chi connectivity index (χ2v) is 4.52. The molecule has 0 aliphatic carbocycles. The molecule has 0 bridgehead atoms. The zero-order valence-electron chi connectivity index (χ0n) is 11.3. The van der Waals surface area contributed by atoms with E-state index >= 15 is 0 Å². The van der Waals surface area contributed by atoms with E-state index in [9.17, 15) is 9.59 Å². The first kappa shape index (κ1) is 15.0. The Morgan fingerprint density at radius 3 is 2.58 bits per heavy atom. The number of amides is 2. The van der Waals surface area contributed by atoms with E-state index in [4.69, 9.17) is 5.11 Å². The summed E-state index contributed by atoms with van der Waals surface area (Å²) in [5.74, 6) is -0.553. The Kier molecular flexibility index (Phi) is 5.35. The number of carbonyl (C=O) groups is 2. The molecule has 3 atom stereocenters. The van der Waals surface area contributed by atoms with E-state index < -0.39 is 18.0 Å². The number of hydrogen-bond acceptors (Lipinski definition) is 3. The minimum atomic E-state index is -1.03. The smallest absolute Gasteiger partial charge is 0.326 e. The van der Waals surface area contributed by atoms with Crippen molar-refractivity contribution in [2.24, 2.45) is 5.92 Å². The zero-order valence-corrected chi connectivity index (χ0v) is 11.3. The minimum Gasteiger partial charge on any atom is -0.480 e. The van der Waals surface area contributed by atoms with Gasteiger partial charge in [0.2, 0.25) is 0 Å². The highest BCUT2D eigenvalue weighted by atomic mass is 16.4. The lowest BCUT2D eigenvalue weighted by Gasteiger charge is -2.21. The van der Waals surface area contributed by atoms with Gasteiger partial charge in [-0.05, 0) is 12.8 Å². The Hall–Kier alpha value is -2.05. The highest BCUT2D eigenvalue weighted by molar-refractivity contribution is 5.82. The molecule has 0 saturated heterocycles. The molecule has 0 radical (unpaired) electrons. The van der Waals surface area contributed by atoms with Gasteiger partial charge in [0, 0.05) is 12.4 Å². The predicted octanol–water partition coefficient (Wildman–Crippen LogP) is 1.27. The predicted molar refractivity (Wildman–Crippen MR) is 69.5 cm³/mol. The van der Waals surface area contributed by atoms with Gasteiger partial charge >= 0.3 is 12.0 Å². The largest absolute Gasteiger partial charge is 0.480 e. The number of nitrogens with zero attached hydrogens (tertiary/aromatic N) is 1. The number of aliphatic carboxylic acids is 1. The van der Waals surface area contributed by atoms with Gasteiger partial charge in [0.1, 0.15) is 11.9 Å². The molecule has 1 heterocycles. The molecule has 1 rings (SSSR count). The van der Waals surface area contributed by atoms with Crippen LogP contribution >= 0.6 is 0 Å². The molecule has 0 saturated carbocycles. The van der Waals surface area contributed by atoms with Crippen LogP contribution in [0.4, 0.5) is 4.79 Å². The molecule has 0 aliphatic heterocycles. The van der Waals surface area contributed by atoms with E-state index in [1.54, 1.807) is 26.2 Å². The third-order valence-corrected chi connectivity index (χ3v) is 3.04. The average molecular weight is 268 g/mol. The molecule has 0 fully saturated rings. The Balaban J connectivity index is 2.56. The van der Waals surface area contributed by atoms with Crippen LogP contribution in [0, 0.1) is 5.92 Å². The fourth-order valence-corrected chi connectivity index (χ4v) is 1.65. The summed E-state index contributed by atoms with van der Waals surface area (Å²) in [6, 6.07) is -1.73. The lowest BCUT2D eigenvalue weighted by Crippen LogP contribution is -2.49. The Bertz CT molecular complexity index is 419. The molecule has 19 heavy (non-hydrogen) atoms. The van der Waals surface area contributed by atoms with Crippen molar-refractivity contribution in [2.75, 3.05) is 0 Å². The van der Waals surface area contributed by atoms with Crippen LogP contribution in [0.2, 0.25) is 0 Å². The van der Waals surface area contributed by atoms with Crippen molar-refractivity contribution in [3.63, 3.8) is 0 Å². The highest BCUT2D eigenvalue weighted by Gasteiger charge is 2.25. The maximum Gasteiger partial charge on any atom is 0.326 e.